The minimum atomic E-state index is -1.36. The molecule has 12 heteroatoms. The minimum absolute atomic E-state index is 0.0903. The van der Waals surface area contributed by atoms with Gasteiger partial charge in [-0.1, -0.05) is 20.8 Å². The standard InChI is InChI=1S/C26H47N3O8S/c1-12-35-19(31)15-27-21(33)26(11,16-38-25(8,9)10)29-18(30)14-13-17(20(32)36-23(2,3)4)28-22(34)37-24(5,6)7/h17H,12-16H2,1-11H3,(H,27,33)(H,28,34)(H,29,30)/t17-,26-/m0/s1. The van der Waals surface area contributed by atoms with Crippen LogP contribution in [0.1, 0.15) is 89.0 Å². The molecule has 0 aliphatic carbocycles. The molecule has 0 aromatic rings. The van der Waals surface area contributed by atoms with E-state index >= 15 is 0 Å². The van der Waals surface area contributed by atoms with Crippen molar-refractivity contribution in [2.24, 2.45) is 0 Å². The number of carbonyl (C=O) groups is 5. The highest BCUT2D eigenvalue weighted by Gasteiger charge is 2.37. The van der Waals surface area contributed by atoms with Crippen molar-refractivity contribution in [2.75, 3.05) is 18.9 Å². The fourth-order valence-electron chi connectivity index (χ4n) is 2.80. The number of carbonyl (C=O) groups excluding carboxylic acids is 5. The molecule has 0 bridgehead atoms. The van der Waals surface area contributed by atoms with Gasteiger partial charge in [-0.25, -0.2) is 9.59 Å². The zero-order valence-corrected chi connectivity index (χ0v) is 25.6. The third-order valence-corrected chi connectivity index (χ3v) is 6.04. The second-order valence-corrected chi connectivity index (χ2v) is 13.8. The lowest BCUT2D eigenvalue weighted by Gasteiger charge is -2.32. The van der Waals surface area contributed by atoms with E-state index in [9.17, 15) is 24.0 Å². The van der Waals surface area contributed by atoms with Gasteiger partial charge in [0.15, 0.2) is 0 Å². The van der Waals surface area contributed by atoms with Crippen LogP contribution in [0.4, 0.5) is 4.79 Å². The molecule has 0 rings (SSSR count). The Kier molecular flexibility index (Phi) is 13.6. The van der Waals surface area contributed by atoms with E-state index in [1.54, 1.807) is 55.4 Å². The molecule has 2 atom stereocenters. The zero-order chi connectivity index (χ0) is 29.9. The number of amides is 3. The first kappa shape index (κ1) is 35.5. The van der Waals surface area contributed by atoms with Crippen LogP contribution in [-0.4, -0.2) is 76.3 Å². The highest BCUT2D eigenvalue weighted by molar-refractivity contribution is 8.00. The van der Waals surface area contributed by atoms with Gasteiger partial charge in [-0.15, -0.1) is 0 Å². The van der Waals surface area contributed by atoms with E-state index in [0.29, 0.717) is 0 Å². The third kappa shape index (κ3) is 16.4. The molecule has 0 fully saturated rings. The predicted octanol–water partition coefficient (Wildman–Crippen LogP) is 3.09. The van der Waals surface area contributed by atoms with Crippen molar-refractivity contribution in [1.82, 2.24) is 16.0 Å². The van der Waals surface area contributed by atoms with Crippen molar-refractivity contribution in [2.45, 2.75) is 117 Å². The Labute approximate surface area is 231 Å². The van der Waals surface area contributed by atoms with Gasteiger partial charge in [-0.3, -0.25) is 14.4 Å². The molecule has 0 aliphatic rings. The van der Waals surface area contributed by atoms with Gasteiger partial charge in [0.2, 0.25) is 11.8 Å². The van der Waals surface area contributed by atoms with Gasteiger partial charge in [0.25, 0.3) is 0 Å². The van der Waals surface area contributed by atoms with Crippen LogP contribution in [0.3, 0.4) is 0 Å². The van der Waals surface area contributed by atoms with E-state index in [4.69, 9.17) is 14.2 Å². The maximum atomic E-state index is 13.0. The van der Waals surface area contributed by atoms with Gasteiger partial charge in [-0.05, 0) is 61.8 Å². The first-order chi connectivity index (χ1) is 17.1. The molecule has 0 spiro atoms. The number of ether oxygens (including phenoxy) is 3. The van der Waals surface area contributed by atoms with Gasteiger partial charge in [-0.2, -0.15) is 11.8 Å². The molecule has 3 amide bonds. The summed E-state index contributed by atoms with van der Waals surface area (Å²) in [5, 5.41) is 7.73. The van der Waals surface area contributed by atoms with Crippen LogP contribution in [0.25, 0.3) is 0 Å². The number of alkyl carbamates (subject to hydrolysis) is 1. The van der Waals surface area contributed by atoms with Crippen molar-refractivity contribution < 1.29 is 38.2 Å². The Balaban J connectivity index is 5.55. The summed E-state index contributed by atoms with van der Waals surface area (Å²) >= 11 is 1.47. The number of rotatable bonds is 12. The highest BCUT2D eigenvalue weighted by Crippen LogP contribution is 2.27. The maximum Gasteiger partial charge on any atom is 0.408 e. The molecular formula is C26H47N3O8S. The van der Waals surface area contributed by atoms with Crippen LogP contribution in [-0.2, 0) is 33.4 Å². The Morgan fingerprint density at radius 1 is 0.842 bits per heavy atom. The summed E-state index contributed by atoms with van der Waals surface area (Å²) in [6.45, 7) is 19.1. The van der Waals surface area contributed by atoms with Crippen LogP contribution in [0, 0.1) is 0 Å². The van der Waals surface area contributed by atoms with Crippen molar-refractivity contribution >= 4 is 41.6 Å². The summed E-state index contributed by atoms with van der Waals surface area (Å²) < 4.78 is 15.3. The summed E-state index contributed by atoms with van der Waals surface area (Å²) in [5.74, 6) is -2.15. The number of hydrogen-bond donors (Lipinski definition) is 3. The first-order valence-corrected chi connectivity index (χ1v) is 13.7. The Morgan fingerprint density at radius 2 is 1.39 bits per heavy atom. The molecule has 38 heavy (non-hydrogen) atoms. The maximum absolute atomic E-state index is 13.0. The fraction of sp³-hybridized carbons (Fsp3) is 0.808. The SMILES string of the molecule is CCOC(=O)CNC(=O)[C@](C)(CSC(C)(C)C)NC(=O)CC[C@H](NC(=O)OC(C)(C)C)C(=O)OC(C)(C)C. The van der Waals surface area contributed by atoms with Crippen LogP contribution in [0.5, 0.6) is 0 Å². The predicted molar refractivity (Wildman–Crippen MR) is 147 cm³/mol. The van der Waals surface area contributed by atoms with E-state index in [-0.39, 0.29) is 36.5 Å². The summed E-state index contributed by atoms with van der Waals surface area (Å²) in [4.78, 5) is 62.8. The lowest BCUT2D eigenvalue weighted by molar-refractivity contribution is -0.157. The summed E-state index contributed by atoms with van der Waals surface area (Å²) in [7, 11) is 0. The van der Waals surface area contributed by atoms with Crippen molar-refractivity contribution in [3.8, 4) is 0 Å². The van der Waals surface area contributed by atoms with Crippen LogP contribution in [0.15, 0.2) is 0 Å². The van der Waals surface area contributed by atoms with Gasteiger partial charge in [0.1, 0.15) is 29.3 Å². The number of nitrogens with one attached hydrogen (secondary N) is 3. The molecule has 0 saturated carbocycles. The first-order valence-electron chi connectivity index (χ1n) is 12.7. The van der Waals surface area contributed by atoms with Gasteiger partial charge < -0.3 is 30.2 Å². The third-order valence-electron chi connectivity index (χ3n) is 4.45. The van der Waals surface area contributed by atoms with Crippen LogP contribution >= 0.6 is 11.8 Å². The van der Waals surface area contributed by atoms with Crippen molar-refractivity contribution in [3.05, 3.63) is 0 Å². The summed E-state index contributed by atoms with van der Waals surface area (Å²) in [6, 6.07) is -1.15. The average Bonchev–Trinajstić information content (AvgIpc) is 2.70. The second kappa shape index (κ2) is 14.6. The van der Waals surface area contributed by atoms with Crippen molar-refractivity contribution in [3.63, 3.8) is 0 Å². The molecule has 11 nitrogen and oxygen atoms in total. The van der Waals surface area contributed by atoms with Gasteiger partial charge in [0.05, 0.1) is 6.61 Å². The smallest absolute Gasteiger partial charge is 0.408 e. The second-order valence-electron chi connectivity index (χ2n) is 12.0. The Bertz CT molecular complexity index is 843. The Morgan fingerprint density at radius 3 is 1.87 bits per heavy atom. The zero-order valence-electron chi connectivity index (χ0n) is 24.8. The molecule has 0 aromatic carbocycles. The molecule has 0 aliphatic heterocycles. The quantitative estimate of drug-likeness (QED) is 0.241. The minimum Gasteiger partial charge on any atom is -0.465 e. The number of thioether (sulfide) groups is 1. The molecule has 3 N–H and O–H groups in total. The van der Waals surface area contributed by atoms with E-state index < -0.39 is 52.6 Å². The molecular weight excluding hydrogens is 514 g/mol. The fourth-order valence-corrected chi connectivity index (χ4v) is 3.72. The lowest BCUT2D eigenvalue weighted by atomic mass is 10.0. The molecule has 0 heterocycles. The average molecular weight is 562 g/mol. The van der Waals surface area contributed by atoms with Gasteiger partial charge >= 0.3 is 18.0 Å². The van der Waals surface area contributed by atoms with Crippen LogP contribution in [0.2, 0.25) is 0 Å². The normalized spacial score (nSPS) is 14.4. The highest BCUT2D eigenvalue weighted by atomic mass is 32.2. The number of hydrogen-bond acceptors (Lipinski definition) is 9. The van der Waals surface area contributed by atoms with E-state index in [0.717, 1.165) is 0 Å². The molecule has 0 aromatic heterocycles. The topological polar surface area (TPSA) is 149 Å². The molecule has 0 unspecified atom stereocenters. The molecule has 220 valence electrons. The Hall–Kier alpha value is -2.50. The van der Waals surface area contributed by atoms with Crippen LogP contribution < -0.4 is 16.0 Å². The van der Waals surface area contributed by atoms with Gasteiger partial charge in [0, 0.05) is 16.9 Å². The summed E-state index contributed by atoms with van der Waals surface area (Å²) in [6.07, 6.45) is -1.10. The largest absolute Gasteiger partial charge is 0.465 e. The monoisotopic (exact) mass is 561 g/mol. The summed E-state index contributed by atoms with van der Waals surface area (Å²) in [5.41, 5.74) is -2.96. The lowest BCUT2D eigenvalue weighted by Crippen LogP contribution is -2.59. The molecule has 0 radical (unpaired) electrons. The van der Waals surface area contributed by atoms with E-state index in [1.807, 2.05) is 20.8 Å². The van der Waals surface area contributed by atoms with E-state index in [2.05, 4.69) is 16.0 Å². The van der Waals surface area contributed by atoms with E-state index in [1.165, 1.54) is 11.8 Å². The number of esters is 2. The molecule has 0 saturated heterocycles. The van der Waals surface area contributed by atoms with Crippen molar-refractivity contribution in [1.29, 1.82) is 0 Å².